The molecule has 6 nitrogen and oxygen atoms in total. The summed E-state index contributed by atoms with van der Waals surface area (Å²) in [4.78, 5) is 3.49. The predicted octanol–water partition coefficient (Wildman–Crippen LogP) is 1.51. The standard InChI is InChI=1S/C12H11ClN2O4S2/c13-10-6-8-12(9-7-10)21(18,19)15-14-20(16,17)11-4-2-1-3-5-11/h1-9,14-15H. The van der Waals surface area contributed by atoms with Gasteiger partial charge in [0, 0.05) is 5.02 Å². The number of hydrogen-bond acceptors (Lipinski definition) is 4. The van der Waals surface area contributed by atoms with Crippen LogP contribution >= 0.6 is 11.6 Å². The van der Waals surface area contributed by atoms with Gasteiger partial charge in [0.05, 0.1) is 9.79 Å². The van der Waals surface area contributed by atoms with Gasteiger partial charge < -0.3 is 0 Å². The highest BCUT2D eigenvalue weighted by molar-refractivity contribution is 7.92. The second-order valence-electron chi connectivity index (χ2n) is 3.98. The molecule has 9 heteroatoms. The van der Waals surface area contributed by atoms with Gasteiger partial charge in [-0.3, -0.25) is 0 Å². The highest BCUT2D eigenvalue weighted by Crippen LogP contribution is 2.14. The van der Waals surface area contributed by atoms with Crippen molar-refractivity contribution in [1.29, 1.82) is 0 Å². The Bertz CT molecular complexity index is 819. The maximum atomic E-state index is 11.9. The van der Waals surface area contributed by atoms with E-state index in [-0.39, 0.29) is 9.79 Å². The molecular formula is C12H11ClN2O4S2. The van der Waals surface area contributed by atoms with E-state index in [4.69, 9.17) is 11.6 Å². The quantitative estimate of drug-likeness (QED) is 0.803. The largest absolute Gasteiger partial charge is 0.254 e. The van der Waals surface area contributed by atoms with Crippen LogP contribution < -0.4 is 9.66 Å². The smallest absolute Gasteiger partial charge is 0.206 e. The number of sulfonamides is 2. The molecule has 0 aromatic heterocycles. The van der Waals surface area contributed by atoms with E-state index in [9.17, 15) is 16.8 Å². The molecule has 0 saturated heterocycles. The minimum atomic E-state index is -4.02. The highest BCUT2D eigenvalue weighted by Gasteiger charge is 2.19. The van der Waals surface area contributed by atoms with Crippen LogP contribution in [-0.4, -0.2) is 16.8 Å². The molecule has 0 bridgehead atoms. The third-order valence-corrected chi connectivity index (χ3v) is 5.40. The number of rotatable bonds is 5. The summed E-state index contributed by atoms with van der Waals surface area (Å²) in [6.45, 7) is 0. The molecule has 0 amide bonds. The molecule has 2 aromatic carbocycles. The maximum absolute atomic E-state index is 11.9. The van der Waals surface area contributed by atoms with Gasteiger partial charge in [-0.2, -0.15) is 0 Å². The van der Waals surface area contributed by atoms with Crippen molar-refractivity contribution < 1.29 is 16.8 Å². The fourth-order valence-electron chi connectivity index (χ4n) is 1.44. The first kappa shape index (κ1) is 15.9. The molecule has 0 unspecified atom stereocenters. The zero-order valence-electron chi connectivity index (χ0n) is 10.5. The normalized spacial score (nSPS) is 12.2. The molecule has 0 aliphatic heterocycles. The van der Waals surface area contributed by atoms with Crippen molar-refractivity contribution in [3.63, 3.8) is 0 Å². The van der Waals surface area contributed by atoms with Crippen LogP contribution in [0.25, 0.3) is 0 Å². The highest BCUT2D eigenvalue weighted by atomic mass is 35.5. The molecule has 2 aromatic rings. The van der Waals surface area contributed by atoms with Crippen molar-refractivity contribution in [2.75, 3.05) is 0 Å². The van der Waals surface area contributed by atoms with Crippen LogP contribution in [0.1, 0.15) is 0 Å². The Morgan fingerprint density at radius 1 is 0.667 bits per heavy atom. The lowest BCUT2D eigenvalue weighted by atomic mass is 10.4. The first-order valence-electron chi connectivity index (χ1n) is 5.65. The van der Waals surface area contributed by atoms with Crippen LogP contribution in [0, 0.1) is 0 Å². The fourth-order valence-corrected chi connectivity index (χ4v) is 3.69. The van der Waals surface area contributed by atoms with Crippen molar-refractivity contribution in [2.45, 2.75) is 9.79 Å². The van der Waals surface area contributed by atoms with Crippen molar-refractivity contribution in [1.82, 2.24) is 9.66 Å². The summed E-state index contributed by atoms with van der Waals surface area (Å²) in [5, 5.41) is 0.374. The number of halogens is 1. The first-order valence-corrected chi connectivity index (χ1v) is 9.00. The Hall–Kier alpha value is -1.45. The Balaban J connectivity index is 2.17. The van der Waals surface area contributed by atoms with E-state index < -0.39 is 20.0 Å². The van der Waals surface area contributed by atoms with Gasteiger partial charge in [0.1, 0.15) is 0 Å². The number of nitrogens with one attached hydrogen (secondary N) is 2. The molecular weight excluding hydrogens is 336 g/mol. The van der Waals surface area contributed by atoms with Gasteiger partial charge in [-0.25, -0.2) is 16.8 Å². The van der Waals surface area contributed by atoms with Crippen LogP contribution in [0.5, 0.6) is 0 Å². The van der Waals surface area contributed by atoms with Gasteiger partial charge in [0.25, 0.3) is 20.0 Å². The average Bonchev–Trinajstić information content (AvgIpc) is 2.47. The van der Waals surface area contributed by atoms with Crippen LogP contribution in [-0.2, 0) is 20.0 Å². The number of benzene rings is 2. The summed E-state index contributed by atoms with van der Waals surface area (Å²) in [7, 11) is -7.99. The van der Waals surface area contributed by atoms with E-state index in [1.165, 1.54) is 48.5 Å². The Morgan fingerprint density at radius 2 is 1.10 bits per heavy atom. The van der Waals surface area contributed by atoms with Crippen molar-refractivity contribution in [3.8, 4) is 0 Å². The van der Waals surface area contributed by atoms with Gasteiger partial charge in [-0.15, -0.1) is 9.66 Å². The van der Waals surface area contributed by atoms with E-state index in [2.05, 4.69) is 0 Å². The fraction of sp³-hybridized carbons (Fsp3) is 0. The molecule has 0 aliphatic carbocycles. The van der Waals surface area contributed by atoms with Gasteiger partial charge in [-0.05, 0) is 36.4 Å². The van der Waals surface area contributed by atoms with Gasteiger partial charge >= 0.3 is 0 Å². The molecule has 0 spiro atoms. The molecule has 2 rings (SSSR count). The first-order chi connectivity index (χ1) is 9.81. The Kier molecular flexibility index (Phi) is 4.64. The lowest BCUT2D eigenvalue weighted by Crippen LogP contribution is -2.41. The number of hydrazine groups is 1. The van der Waals surface area contributed by atoms with Crippen LogP contribution in [0.15, 0.2) is 64.4 Å². The van der Waals surface area contributed by atoms with Crippen LogP contribution in [0.4, 0.5) is 0 Å². The second-order valence-corrected chi connectivity index (χ2v) is 7.78. The summed E-state index contributed by atoms with van der Waals surface area (Å²) < 4.78 is 47.7. The minimum Gasteiger partial charge on any atom is -0.206 e. The lowest BCUT2D eigenvalue weighted by molar-refractivity contribution is 0.557. The molecule has 2 N–H and O–H groups in total. The SMILES string of the molecule is O=S(=O)(NNS(=O)(=O)c1ccc(Cl)cc1)c1ccccc1. The van der Waals surface area contributed by atoms with E-state index in [1.807, 2.05) is 9.66 Å². The molecule has 21 heavy (non-hydrogen) atoms. The molecule has 0 fully saturated rings. The molecule has 0 radical (unpaired) electrons. The summed E-state index contributed by atoms with van der Waals surface area (Å²) in [5.41, 5.74) is 0. The number of hydrogen-bond donors (Lipinski definition) is 2. The molecule has 0 aliphatic rings. The third kappa shape index (κ3) is 4.02. The average molecular weight is 347 g/mol. The van der Waals surface area contributed by atoms with Gasteiger partial charge in [0.2, 0.25) is 0 Å². The summed E-state index contributed by atoms with van der Waals surface area (Å²) in [5.74, 6) is 0. The zero-order chi connectivity index (χ0) is 15.5. The maximum Gasteiger partial charge on any atom is 0.254 e. The zero-order valence-corrected chi connectivity index (χ0v) is 12.9. The van der Waals surface area contributed by atoms with E-state index >= 15 is 0 Å². The topological polar surface area (TPSA) is 92.3 Å². The third-order valence-electron chi connectivity index (χ3n) is 2.49. The summed E-state index contributed by atoms with van der Waals surface area (Å²) in [6, 6.07) is 12.7. The van der Waals surface area contributed by atoms with E-state index in [0.717, 1.165) is 0 Å². The van der Waals surface area contributed by atoms with Crippen molar-refractivity contribution >= 4 is 31.6 Å². The minimum absolute atomic E-state index is 0.0520. The monoisotopic (exact) mass is 346 g/mol. The van der Waals surface area contributed by atoms with Gasteiger partial charge in [-0.1, -0.05) is 29.8 Å². The lowest BCUT2D eigenvalue weighted by Gasteiger charge is -2.09. The van der Waals surface area contributed by atoms with E-state index in [1.54, 1.807) is 6.07 Å². The Labute approximate surface area is 127 Å². The molecule has 0 saturated carbocycles. The summed E-state index contributed by atoms with van der Waals surface area (Å²) >= 11 is 5.66. The second kappa shape index (κ2) is 6.12. The Morgan fingerprint density at radius 3 is 1.57 bits per heavy atom. The molecule has 0 heterocycles. The van der Waals surface area contributed by atoms with E-state index in [0.29, 0.717) is 5.02 Å². The van der Waals surface area contributed by atoms with Gasteiger partial charge in [0.15, 0.2) is 0 Å². The molecule has 112 valence electrons. The van der Waals surface area contributed by atoms with Crippen molar-refractivity contribution in [2.24, 2.45) is 0 Å². The van der Waals surface area contributed by atoms with Crippen molar-refractivity contribution in [3.05, 3.63) is 59.6 Å². The molecule has 0 atom stereocenters. The summed E-state index contributed by atoms with van der Waals surface area (Å²) in [6.07, 6.45) is 0. The van der Waals surface area contributed by atoms with Crippen LogP contribution in [0.3, 0.4) is 0 Å². The predicted molar refractivity (Wildman–Crippen MR) is 78.5 cm³/mol. The van der Waals surface area contributed by atoms with Crippen LogP contribution in [0.2, 0.25) is 5.02 Å².